The summed E-state index contributed by atoms with van der Waals surface area (Å²) in [5.41, 5.74) is 3.64. The van der Waals surface area contributed by atoms with Crippen molar-refractivity contribution in [2.75, 3.05) is 26.3 Å². The van der Waals surface area contributed by atoms with Crippen molar-refractivity contribution >= 4 is 17.0 Å². The number of hydrogen-bond donors (Lipinski definition) is 1. The Labute approximate surface area is 222 Å². The zero-order chi connectivity index (χ0) is 26.4. The van der Waals surface area contributed by atoms with Crippen molar-refractivity contribution in [1.82, 2.24) is 34.7 Å². The summed E-state index contributed by atoms with van der Waals surface area (Å²) in [7, 11) is 0. The van der Waals surface area contributed by atoms with E-state index in [1.807, 2.05) is 19.9 Å². The van der Waals surface area contributed by atoms with Gasteiger partial charge in [0.05, 0.1) is 17.8 Å². The first-order valence-electron chi connectivity index (χ1n) is 13.0. The average molecular weight is 546 g/mol. The highest BCUT2D eigenvalue weighted by Crippen LogP contribution is 2.41. The molecule has 6 heterocycles. The molecular weight excluding hydrogens is 515 g/mol. The van der Waals surface area contributed by atoms with Crippen LogP contribution in [0.4, 0.5) is 13.2 Å². The highest BCUT2D eigenvalue weighted by molar-refractivity contribution is 7.15. The number of nitrogens with one attached hydrogen (secondary N) is 1. The number of piperidine rings is 1. The fourth-order valence-electron chi connectivity index (χ4n) is 5.85. The molecule has 8 nitrogen and oxygen atoms in total. The van der Waals surface area contributed by atoms with E-state index in [4.69, 9.17) is 9.72 Å². The first kappa shape index (κ1) is 25.4. The van der Waals surface area contributed by atoms with E-state index in [2.05, 4.69) is 25.2 Å². The van der Waals surface area contributed by atoms with E-state index in [9.17, 15) is 13.2 Å². The lowest BCUT2D eigenvalue weighted by Gasteiger charge is -2.39. The van der Waals surface area contributed by atoms with Crippen LogP contribution < -0.4 is 0 Å². The smallest absolute Gasteiger partial charge is 0.381 e. The quantitative estimate of drug-likeness (QED) is 0.365. The van der Waals surface area contributed by atoms with Crippen LogP contribution in [0.3, 0.4) is 0 Å². The summed E-state index contributed by atoms with van der Waals surface area (Å²) in [6.45, 7) is 7.54. The number of likely N-dealkylation sites (tertiary alicyclic amines) is 1. The summed E-state index contributed by atoms with van der Waals surface area (Å²) < 4.78 is 48.4. The third-order valence-electron chi connectivity index (χ3n) is 7.73. The molecule has 202 valence electrons. The Morgan fingerprint density at radius 3 is 2.63 bits per heavy atom. The molecule has 2 fully saturated rings. The van der Waals surface area contributed by atoms with Gasteiger partial charge < -0.3 is 9.64 Å². The molecule has 0 radical (unpaired) electrons. The van der Waals surface area contributed by atoms with Crippen molar-refractivity contribution in [1.29, 1.82) is 0 Å². The topological polar surface area (TPSA) is 84.2 Å². The molecule has 6 rings (SSSR count). The van der Waals surface area contributed by atoms with E-state index >= 15 is 0 Å². The average Bonchev–Trinajstić information content (AvgIpc) is 3.62. The Kier molecular flexibility index (Phi) is 6.73. The van der Waals surface area contributed by atoms with Gasteiger partial charge in [-0.25, -0.2) is 14.5 Å². The van der Waals surface area contributed by atoms with E-state index < -0.39 is 12.6 Å². The van der Waals surface area contributed by atoms with Crippen LogP contribution >= 0.6 is 11.3 Å². The molecular formula is C26H30F3N7OS. The van der Waals surface area contributed by atoms with E-state index in [0.29, 0.717) is 33.9 Å². The van der Waals surface area contributed by atoms with Gasteiger partial charge in [-0.15, -0.1) is 11.3 Å². The molecule has 2 aliphatic heterocycles. The molecule has 0 bridgehead atoms. The first-order valence-corrected chi connectivity index (χ1v) is 13.8. The van der Waals surface area contributed by atoms with Gasteiger partial charge in [0.15, 0.2) is 5.65 Å². The second-order valence-corrected chi connectivity index (χ2v) is 11.3. The van der Waals surface area contributed by atoms with Crippen LogP contribution in [0.1, 0.15) is 53.3 Å². The van der Waals surface area contributed by atoms with E-state index in [0.717, 1.165) is 68.1 Å². The number of thiazole rings is 1. The molecule has 0 aliphatic carbocycles. The number of aromatic nitrogens is 6. The molecule has 38 heavy (non-hydrogen) atoms. The number of nitrogens with zero attached hydrogens (tertiary/aromatic N) is 6. The maximum atomic E-state index is 13.8. The molecule has 0 saturated carbocycles. The predicted molar refractivity (Wildman–Crippen MR) is 138 cm³/mol. The van der Waals surface area contributed by atoms with Crippen molar-refractivity contribution in [2.45, 2.75) is 64.1 Å². The lowest BCUT2D eigenvalue weighted by molar-refractivity contribution is -0.127. The van der Waals surface area contributed by atoms with E-state index in [1.54, 1.807) is 10.7 Å². The molecule has 0 unspecified atom stereocenters. The van der Waals surface area contributed by atoms with Crippen LogP contribution in [-0.4, -0.2) is 73.2 Å². The van der Waals surface area contributed by atoms with E-state index in [-0.39, 0.29) is 11.3 Å². The van der Waals surface area contributed by atoms with Crippen molar-refractivity contribution in [3.63, 3.8) is 0 Å². The minimum absolute atomic E-state index is 0.103. The number of alkyl halides is 3. The van der Waals surface area contributed by atoms with Crippen LogP contribution in [0.5, 0.6) is 0 Å². The summed E-state index contributed by atoms with van der Waals surface area (Å²) in [6, 6.07) is 2.40. The van der Waals surface area contributed by atoms with Crippen molar-refractivity contribution < 1.29 is 17.9 Å². The second-order valence-electron chi connectivity index (χ2n) is 10.3. The Balaban J connectivity index is 1.30. The molecule has 2 aliphatic rings. The van der Waals surface area contributed by atoms with Crippen molar-refractivity contribution in [3.05, 3.63) is 40.3 Å². The summed E-state index contributed by atoms with van der Waals surface area (Å²) in [6.07, 6.45) is 1.83. The van der Waals surface area contributed by atoms with Crippen molar-refractivity contribution in [2.24, 2.45) is 0 Å². The molecule has 0 spiro atoms. The third-order valence-corrected chi connectivity index (χ3v) is 9.06. The molecule has 4 aromatic heterocycles. The normalized spacial score (nSPS) is 18.6. The Morgan fingerprint density at radius 2 is 1.89 bits per heavy atom. The van der Waals surface area contributed by atoms with Gasteiger partial charge in [0, 0.05) is 41.5 Å². The molecule has 1 N–H and O–H groups in total. The molecule has 0 amide bonds. The molecule has 0 atom stereocenters. The monoisotopic (exact) mass is 545 g/mol. The fraction of sp³-hybridized carbons (Fsp3) is 0.538. The van der Waals surface area contributed by atoms with Gasteiger partial charge in [0.25, 0.3) is 0 Å². The van der Waals surface area contributed by atoms with Gasteiger partial charge in [-0.05, 0) is 70.2 Å². The van der Waals surface area contributed by atoms with E-state index in [1.165, 1.54) is 17.7 Å². The van der Waals surface area contributed by atoms with Crippen LogP contribution in [-0.2, 0) is 11.2 Å². The fourth-order valence-corrected chi connectivity index (χ4v) is 7.10. The minimum atomic E-state index is -4.40. The number of ether oxygens (including phenoxy) is 1. The first-order chi connectivity index (χ1) is 18.3. The van der Waals surface area contributed by atoms with Crippen LogP contribution in [0.25, 0.3) is 27.6 Å². The minimum Gasteiger partial charge on any atom is -0.381 e. The third kappa shape index (κ3) is 4.96. The number of rotatable bonds is 5. The van der Waals surface area contributed by atoms with Gasteiger partial charge in [-0.1, -0.05) is 0 Å². The predicted octanol–water partition coefficient (Wildman–Crippen LogP) is 5.32. The lowest BCUT2D eigenvalue weighted by Crippen LogP contribution is -2.43. The van der Waals surface area contributed by atoms with Crippen LogP contribution in [0, 0.1) is 13.8 Å². The van der Waals surface area contributed by atoms with Gasteiger partial charge in [0.1, 0.15) is 17.0 Å². The summed E-state index contributed by atoms with van der Waals surface area (Å²) in [5, 5.41) is 12.0. The zero-order valence-electron chi connectivity index (χ0n) is 21.4. The van der Waals surface area contributed by atoms with Gasteiger partial charge in [-0.3, -0.25) is 5.10 Å². The number of fused-ring (bicyclic) bond motifs is 1. The van der Waals surface area contributed by atoms with Crippen LogP contribution in [0.2, 0.25) is 0 Å². The number of pyridine rings is 1. The number of aromatic amines is 1. The molecule has 0 aromatic carbocycles. The zero-order valence-corrected chi connectivity index (χ0v) is 22.2. The Bertz CT molecular complexity index is 1430. The largest absolute Gasteiger partial charge is 0.393 e. The highest BCUT2D eigenvalue weighted by atomic mass is 32.1. The second kappa shape index (κ2) is 10.0. The number of halogens is 3. The summed E-state index contributed by atoms with van der Waals surface area (Å²) in [5.74, 6) is 0.360. The number of aryl methyl sites for hydroxylation is 2. The molecule has 12 heteroatoms. The molecule has 4 aromatic rings. The maximum Gasteiger partial charge on any atom is 0.393 e. The van der Waals surface area contributed by atoms with Crippen molar-refractivity contribution in [3.8, 4) is 22.0 Å². The van der Waals surface area contributed by atoms with Gasteiger partial charge >= 0.3 is 6.18 Å². The lowest BCUT2D eigenvalue weighted by atomic mass is 9.92. The van der Waals surface area contributed by atoms with Gasteiger partial charge in [-0.2, -0.15) is 23.4 Å². The summed E-state index contributed by atoms with van der Waals surface area (Å²) >= 11 is 1.48. The Morgan fingerprint density at radius 1 is 1.13 bits per heavy atom. The Hall–Kier alpha value is -2.83. The standard InChI is InChI=1S/C26H30F3N7OS/c1-15-11-18(13-36-24(15)30-14-31-36)21-20(12-26(27,28)29)22(34-33-21)25-32-16(2)23(38-25)17-3-7-35(8-4-17)19-5-9-37-10-6-19/h11,13-14,17,19H,3-10,12H2,1-2H3,(H,33,34). The summed E-state index contributed by atoms with van der Waals surface area (Å²) in [4.78, 5) is 12.7. The van der Waals surface area contributed by atoms with Crippen LogP contribution in [0.15, 0.2) is 18.6 Å². The highest BCUT2D eigenvalue weighted by Gasteiger charge is 2.34. The van der Waals surface area contributed by atoms with Gasteiger partial charge in [0.2, 0.25) is 0 Å². The number of hydrogen-bond acceptors (Lipinski definition) is 7. The number of H-pyrrole nitrogens is 1. The maximum absolute atomic E-state index is 13.8. The SMILES string of the molecule is Cc1nc(-c2n[nH]c(-c3cc(C)c4ncnn4c3)c2CC(F)(F)F)sc1C1CCN(C2CCOCC2)CC1. The molecule has 2 saturated heterocycles.